The molecule has 136 valence electrons. The first kappa shape index (κ1) is 18.1. The molecule has 0 spiro atoms. The van der Waals surface area contributed by atoms with Crippen LogP contribution in [0.1, 0.15) is 29.0 Å². The molecule has 2 aromatic heterocycles. The summed E-state index contributed by atoms with van der Waals surface area (Å²) < 4.78 is 6.69. The summed E-state index contributed by atoms with van der Waals surface area (Å²) in [7, 11) is 1.60. The Morgan fingerprint density at radius 1 is 1.35 bits per heavy atom. The third-order valence-corrected chi connectivity index (χ3v) is 5.57. The standard InChI is InChI=1S/C19H21N3O3S/c1-11-13(3)26-18-17(11)19(24)22(10-20-18)9-16(23)21-12(2)14-7-5-6-8-15(14)25-4/h5-8,10,12H,9H2,1-4H3,(H,21,23)/t12-/m0/s1. The van der Waals surface area contributed by atoms with Gasteiger partial charge in [0.25, 0.3) is 5.56 Å². The van der Waals surface area contributed by atoms with Crippen LogP contribution in [-0.4, -0.2) is 22.6 Å². The Morgan fingerprint density at radius 2 is 2.08 bits per heavy atom. The summed E-state index contributed by atoms with van der Waals surface area (Å²) in [5.74, 6) is 0.459. The van der Waals surface area contributed by atoms with E-state index in [4.69, 9.17) is 4.74 Å². The highest BCUT2D eigenvalue weighted by molar-refractivity contribution is 7.18. The van der Waals surface area contributed by atoms with Crippen LogP contribution in [0.25, 0.3) is 10.2 Å². The van der Waals surface area contributed by atoms with E-state index in [1.807, 2.05) is 45.0 Å². The zero-order chi connectivity index (χ0) is 18.8. The predicted molar refractivity (Wildman–Crippen MR) is 103 cm³/mol. The van der Waals surface area contributed by atoms with Crippen molar-refractivity contribution in [3.63, 3.8) is 0 Å². The first-order chi connectivity index (χ1) is 12.4. The molecule has 0 aliphatic rings. The van der Waals surface area contributed by atoms with Gasteiger partial charge in [-0.15, -0.1) is 11.3 Å². The van der Waals surface area contributed by atoms with Crippen molar-refractivity contribution in [3.8, 4) is 5.75 Å². The molecule has 0 unspecified atom stereocenters. The fourth-order valence-electron chi connectivity index (χ4n) is 2.93. The first-order valence-electron chi connectivity index (χ1n) is 8.29. The van der Waals surface area contributed by atoms with Crippen LogP contribution in [0, 0.1) is 13.8 Å². The van der Waals surface area contributed by atoms with Crippen molar-refractivity contribution in [2.45, 2.75) is 33.4 Å². The third kappa shape index (κ3) is 3.35. The molecule has 2 heterocycles. The summed E-state index contributed by atoms with van der Waals surface area (Å²) in [5, 5.41) is 3.51. The van der Waals surface area contributed by atoms with E-state index in [-0.39, 0.29) is 24.1 Å². The largest absolute Gasteiger partial charge is 0.496 e. The summed E-state index contributed by atoms with van der Waals surface area (Å²) in [4.78, 5) is 31.2. The van der Waals surface area contributed by atoms with E-state index in [2.05, 4.69) is 10.3 Å². The molecule has 3 aromatic rings. The number of aromatic nitrogens is 2. The molecule has 6 nitrogen and oxygen atoms in total. The van der Waals surface area contributed by atoms with E-state index in [0.717, 1.165) is 16.0 Å². The third-order valence-electron chi connectivity index (χ3n) is 4.45. The Morgan fingerprint density at radius 3 is 2.81 bits per heavy atom. The summed E-state index contributed by atoms with van der Waals surface area (Å²) in [6.07, 6.45) is 1.44. The Bertz CT molecular complexity index is 1020. The molecule has 1 amide bonds. The normalized spacial score (nSPS) is 12.2. The van der Waals surface area contributed by atoms with Crippen LogP contribution < -0.4 is 15.6 Å². The number of methoxy groups -OCH3 is 1. The van der Waals surface area contributed by atoms with Crippen molar-refractivity contribution in [3.05, 3.63) is 57.0 Å². The second-order valence-electron chi connectivity index (χ2n) is 6.17. The van der Waals surface area contributed by atoms with Gasteiger partial charge in [0.2, 0.25) is 5.91 Å². The van der Waals surface area contributed by atoms with E-state index in [1.165, 1.54) is 22.2 Å². The Labute approximate surface area is 155 Å². The number of carbonyl (C=O) groups is 1. The molecule has 0 aliphatic heterocycles. The van der Waals surface area contributed by atoms with Crippen molar-refractivity contribution < 1.29 is 9.53 Å². The maximum Gasteiger partial charge on any atom is 0.262 e. The average molecular weight is 371 g/mol. The highest BCUT2D eigenvalue weighted by Gasteiger charge is 2.16. The van der Waals surface area contributed by atoms with Crippen molar-refractivity contribution in [2.24, 2.45) is 0 Å². The molecule has 0 aliphatic carbocycles. The zero-order valence-electron chi connectivity index (χ0n) is 15.2. The minimum Gasteiger partial charge on any atom is -0.496 e. The van der Waals surface area contributed by atoms with E-state index in [0.29, 0.717) is 16.0 Å². The van der Waals surface area contributed by atoms with Gasteiger partial charge >= 0.3 is 0 Å². The molecule has 7 heteroatoms. The first-order valence-corrected chi connectivity index (χ1v) is 9.11. The van der Waals surface area contributed by atoms with Gasteiger partial charge in [-0.05, 0) is 32.4 Å². The number of rotatable bonds is 5. The topological polar surface area (TPSA) is 73.2 Å². The fraction of sp³-hybridized carbons (Fsp3) is 0.316. The van der Waals surface area contributed by atoms with Crippen molar-refractivity contribution in [1.29, 1.82) is 0 Å². The number of para-hydroxylation sites is 1. The Balaban J connectivity index is 1.80. The maximum absolute atomic E-state index is 12.7. The van der Waals surface area contributed by atoms with E-state index >= 15 is 0 Å². The smallest absolute Gasteiger partial charge is 0.262 e. The Hall–Kier alpha value is -2.67. The van der Waals surface area contributed by atoms with Crippen LogP contribution in [0.4, 0.5) is 0 Å². The average Bonchev–Trinajstić information content (AvgIpc) is 2.92. The van der Waals surface area contributed by atoms with Crippen molar-refractivity contribution >= 4 is 27.5 Å². The number of hydrogen-bond acceptors (Lipinski definition) is 5. The van der Waals surface area contributed by atoms with Gasteiger partial charge in [0.15, 0.2) is 0 Å². The van der Waals surface area contributed by atoms with Gasteiger partial charge in [0, 0.05) is 10.4 Å². The molecule has 0 saturated heterocycles. The minimum atomic E-state index is -0.253. The van der Waals surface area contributed by atoms with Crippen molar-refractivity contribution in [2.75, 3.05) is 7.11 Å². The molecule has 1 aromatic carbocycles. The molecular formula is C19H21N3O3S. The van der Waals surface area contributed by atoms with Crippen LogP contribution in [0.3, 0.4) is 0 Å². The summed E-state index contributed by atoms with van der Waals surface area (Å²) in [5.41, 5.74) is 1.63. The lowest BCUT2D eigenvalue weighted by Gasteiger charge is -2.17. The highest BCUT2D eigenvalue weighted by Crippen LogP contribution is 2.26. The van der Waals surface area contributed by atoms with Crippen LogP contribution in [0.2, 0.25) is 0 Å². The SMILES string of the molecule is COc1ccccc1[C@H](C)NC(=O)Cn1cnc2sc(C)c(C)c2c1=O. The molecule has 0 fully saturated rings. The number of hydrogen-bond donors (Lipinski definition) is 1. The lowest BCUT2D eigenvalue weighted by Crippen LogP contribution is -2.34. The number of aryl methyl sites for hydroxylation is 2. The molecule has 0 bridgehead atoms. The quantitative estimate of drug-likeness (QED) is 0.748. The van der Waals surface area contributed by atoms with Gasteiger partial charge in [0.1, 0.15) is 17.1 Å². The highest BCUT2D eigenvalue weighted by atomic mass is 32.1. The number of thiophene rings is 1. The minimum absolute atomic E-state index is 0.0738. The molecule has 3 rings (SSSR count). The van der Waals surface area contributed by atoms with Crippen LogP contribution in [-0.2, 0) is 11.3 Å². The lowest BCUT2D eigenvalue weighted by atomic mass is 10.1. The summed E-state index contributed by atoms with van der Waals surface area (Å²) >= 11 is 1.49. The van der Waals surface area contributed by atoms with Gasteiger partial charge in [-0.3, -0.25) is 14.2 Å². The van der Waals surface area contributed by atoms with Crippen LogP contribution in [0.15, 0.2) is 35.4 Å². The molecule has 26 heavy (non-hydrogen) atoms. The van der Waals surface area contributed by atoms with Crippen LogP contribution >= 0.6 is 11.3 Å². The van der Waals surface area contributed by atoms with Gasteiger partial charge in [0.05, 0.1) is 24.9 Å². The molecular weight excluding hydrogens is 350 g/mol. The van der Waals surface area contributed by atoms with Gasteiger partial charge in [-0.1, -0.05) is 18.2 Å². The fourth-order valence-corrected chi connectivity index (χ4v) is 3.91. The van der Waals surface area contributed by atoms with E-state index < -0.39 is 0 Å². The number of carbonyl (C=O) groups excluding carboxylic acids is 1. The number of nitrogens with zero attached hydrogens (tertiary/aromatic N) is 2. The zero-order valence-corrected chi connectivity index (χ0v) is 16.0. The monoisotopic (exact) mass is 371 g/mol. The number of amides is 1. The number of ether oxygens (including phenoxy) is 1. The van der Waals surface area contributed by atoms with E-state index in [1.54, 1.807) is 7.11 Å². The second kappa shape index (κ2) is 7.29. The molecule has 1 atom stereocenters. The second-order valence-corrected chi connectivity index (χ2v) is 7.38. The predicted octanol–water partition coefficient (Wildman–Crippen LogP) is 2.96. The Kier molecular flexibility index (Phi) is 5.08. The molecule has 1 N–H and O–H groups in total. The van der Waals surface area contributed by atoms with Gasteiger partial charge in [-0.2, -0.15) is 0 Å². The summed E-state index contributed by atoms with van der Waals surface area (Å²) in [6, 6.07) is 7.28. The van der Waals surface area contributed by atoms with Gasteiger partial charge in [-0.25, -0.2) is 4.98 Å². The maximum atomic E-state index is 12.7. The number of nitrogens with one attached hydrogen (secondary N) is 1. The number of fused-ring (bicyclic) bond motifs is 1. The lowest BCUT2D eigenvalue weighted by molar-refractivity contribution is -0.122. The summed E-state index contributed by atoms with van der Waals surface area (Å²) in [6.45, 7) is 5.68. The van der Waals surface area contributed by atoms with Crippen molar-refractivity contribution in [1.82, 2.24) is 14.9 Å². The van der Waals surface area contributed by atoms with Gasteiger partial charge < -0.3 is 10.1 Å². The molecule has 0 saturated carbocycles. The van der Waals surface area contributed by atoms with Crippen LogP contribution in [0.5, 0.6) is 5.75 Å². The molecule has 0 radical (unpaired) electrons. The number of benzene rings is 1. The van der Waals surface area contributed by atoms with E-state index in [9.17, 15) is 9.59 Å².